The van der Waals surface area contributed by atoms with Crippen molar-refractivity contribution in [3.63, 3.8) is 0 Å². The van der Waals surface area contributed by atoms with Crippen molar-refractivity contribution in [3.8, 4) is 0 Å². The number of carbonyl (C=O) groups excluding carboxylic acids is 1. The van der Waals surface area contributed by atoms with Crippen LogP contribution in [-0.2, 0) is 15.1 Å². The lowest BCUT2D eigenvalue weighted by Gasteiger charge is -2.37. The minimum Gasteiger partial charge on any atom is -1.00 e. The second kappa shape index (κ2) is 11.2. The van der Waals surface area contributed by atoms with Gasteiger partial charge in [-0.1, -0.05) is 49.6 Å². The fourth-order valence-electron chi connectivity index (χ4n) is 3.99. The molecule has 0 aromatic heterocycles. The van der Waals surface area contributed by atoms with Crippen molar-refractivity contribution in [1.82, 2.24) is 0 Å². The number of halogens is 1. The molecule has 4 nitrogen and oxygen atoms in total. The van der Waals surface area contributed by atoms with Gasteiger partial charge in [0, 0.05) is 12.3 Å². The Labute approximate surface area is 175 Å². The first-order valence-electron chi connectivity index (χ1n) is 10.2. The van der Waals surface area contributed by atoms with Gasteiger partial charge in [-0.25, -0.2) is 4.79 Å². The van der Waals surface area contributed by atoms with Crippen LogP contribution in [0.2, 0.25) is 0 Å². The fourth-order valence-corrected chi connectivity index (χ4v) is 3.99. The van der Waals surface area contributed by atoms with Crippen LogP contribution in [0.25, 0.3) is 0 Å². The first kappa shape index (κ1) is 24.1. The first-order valence-corrected chi connectivity index (χ1v) is 10.2. The zero-order chi connectivity index (χ0) is 19.0. The third-order valence-electron chi connectivity index (χ3n) is 6.32. The summed E-state index contributed by atoms with van der Waals surface area (Å²) in [7, 11) is 2.23. The third-order valence-corrected chi connectivity index (χ3v) is 6.32. The number of hydrogen-bond donors (Lipinski definition) is 1. The Morgan fingerprint density at radius 3 is 2.30 bits per heavy atom. The maximum atomic E-state index is 13.0. The Kier molecular flexibility index (Phi) is 9.99. The van der Waals surface area contributed by atoms with Crippen LogP contribution in [0.1, 0.15) is 57.9 Å². The van der Waals surface area contributed by atoms with E-state index in [0.29, 0.717) is 12.2 Å². The van der Waals surface area contributed by atoms with Crippen molar-refractivity contribution in [2.45, 2.75) is 58.0 Å². The number of aliphatic hydroxyl groups is 1. The van der Waals surface area contributed by atoms with Gasteiger partial charge in [-0.15, -0.1) is 0 Å². The molecule has 1 N–H and O–H groups in total. The number of quaternary nitrogens is 1. The summed E-state index contributed by atoms with van der Waals surface area (Å²) in [5.74, 6) is -0.531. The third kappa shape index (κ3) is 6.03. The summed E-state index contributed by atoms with van der Waals surface area (Å²) in [6.45, 7) is 7.86. The van der Waals surface area contributed by atoms with Gasteiger partial charge in [0.2, 0.25) is 0 Å². The number of esters is 1. The van der Waals surface area contributed by atoms with E-state index < -0.39 is 11.6 Å². The van der Waals surface area contributed by atoms with E-state index >= 15 is 0 Å². The van der Waals surface area contributed by atoms with Crippen molar-refractivity contribution < 1.29 is 36.1 Å². The van der Waals surface area contributed by atoms with Crippen LogP contribution < -0.4 is 17.0 Å². The standard InChI is InChI=1S/C22H36NO3.BrH/c1-4-23(3,5-2)17-12-18-26-21(24)22(25,19-13-8-6-9-14-19)20-15-10-7-11-16-20;/h6,8-9,13-14,20,25H,4-5,7,10-12,15-18H2,1-3H3;1H/q+1;/p-1. The average molecular weight is 442 g/mol. The summed E-state index contributed by atoms with van der Waals surface area (Å²) >= 11 is 0. The van der Waals surface area contributed by atoms with Gasteiger partial charge in [-0.3, -0.25) is 0 Å². The minimum absolute atomic E-state index is 0. The molecule has 0 saturated heterocycles. The molecule has 0 radical (unpaired) electrons. The largest absolute Gasteiger partial charge is 1.00 e. The van der Waals surface area contributed by atoms with E-state index in [1.165, 1.54) is 6.42 Å². The zero-order valence-corrected chi connectivity index (χ0v) is 18.7. The molecule has 0 amide bonds. The molecule has 1 aromatic rings. The quantitative estimate of drug-likeness (QED) is 0.351. The highest BCUT2D eigenvalue weighted by Crippen LogP contribution is 2.40. The van der Waals surface area contributed by atoms with Gasteiger partial charge in [0.25, 0.3) is 0 Å². The predicted molar refractivity (Wildman–Crippen MR) is 105 cm³/mol. The van der Waals surface area contributed by atoms with Crippen molar-refractivity contribution in [1.29, 1.82) is 0 Å². The summed E-state index contributed by atoms with van der Waals surface area (Å²) in [5.41, 5.74) is -0.852. The highest BCUT2D eigenvalue weighted by Gasteiger charge is 2.47. The average Bonchev–Trinajstić information content (AvgIpc) is 2.71. The van der Waals surface area contributed by atoms with E-state index in [1.54, 1.807) is 0 Å². The van der Waals surface area contributed by atoms with Crippen LogP contribution in [-0.4, -0.2) is 48.8 Å². The highest BCUT2D eigenvalue weighted by atomic mass is 79.9. The molecule has 1 aromatic carbocycles. The molecule has 0 bridgehead atoms. The monoisotopic (exact) mass is 441 g/mol. The van der Waals surface area contributed by atoms with Gasteiger partial charge >= 0.3 is 5.97 Å². The molecule has 154 valence electrons. The maximum Gasteiger partial charge on any atom is 0.343 e. The molecule has 1 atom stereocenters. The van der Waals surface area contributed by atoms with Crippen molar-refractivity contribution >= 4 is 5.97 Å². The summed E-state index contributed by atoms with van der Waals surface area (Å²) < 4.78 is 6.58. The minimum atomic E-state index is -1.52. The van der Waals surface area contributed by atoms with Gasteiger partial charge in [-0.05, 0) is 32.3 Å². The van der Waals surface area contributed by atoms with Crippen LogP contribution in [0.5, 0.6) is 0 Å². The smallest absolute Gasteiger partial charge is 0.343 e. The van der Waals surface area contributed by atoms with Gasteiger partial charge in [-0.2, -0.15) is 0 Å². The van der Waals surface area contributed by atoms with Gasteiger partial charge in [0.15, 0.2) is 5.60 Å². The molecule has 1 fully saturated rings. The summed E-state index contributed by atoms with van der Waals surface area (Å²) in [6, 6.07) is 9.35. The maximum absolute atomic E-state index is 13.0. The van der Waals surface area contributed by atoms with Gasteiger partial charge in [0.05, 0.1) is 33.3 Å². The number of nitrogens with zero attached hydrogens (tertiary/aromatic N) is 1. The van der Waals surface area contributed by atoms with Crippen LogP contribution in [0.3, 0.4) is 0 Å². The lowest BCUT2D eigenvalue weighted by molar-refractivity contribution is -0.906. The topological polar surface area (TPSA) is 46.5 Å². The molecule has 1 saturated carbocycles. The molecular weight excluding hydrogens is 406 g/mol. The molecule has 0 spiro atoms. The van der Waals surface area contributed by atoms with Crippen molar-refractivity contribution in [2.24, 2.45) is 5.92 Å². The SMILES string of the molecule is CC[N+](C)(CC)CCCOC(=O)C(O)(c1ccccc1)C1CCCCC1.[Br-]. The Bertz CT molecular complexity index is 556. The molecule has 1 aliphatic rings. The number of benzene rings is 1. The number of carbonyl (C=O) groups is 1. The van der Waals surface area contributed by atoms with E-state index in [9.17, 15) is 9.90 Å². The molecule has 0 heterocycles. The Hall–Kier alpha value is -0.910. The molecule has 1 aliphatic carbocycles. The van der Waals surface area contributed by atoms with Crippen LogP contribution in [0.15, 0.2) is 30.3 Å². The van der Waals surface area contributed by atoms with E-state index in [1.807, 2.05) is 30.3 Å². The summed E-state index contributed by atoms with van der Waals surface area (Å²) in [5, 5.41) is 11.4. The highest BCUT2D eigenvalue weighted by molar-refractivity contribution is 5.81. The number of hydrogen-bond acceptors (Lipinski definition) is 3. The van der Waals surface area contributed by atoms with E-state index in [0.717, 1.165) is 56.2 Å². The molecular formula is C22H36BrNO3. The second-order valence-corrected chi connectivity index (χ2v) is 7.93. The molecule has 5 heteroatoms. The summed E-state index contributed by atoms with van der Waals surface area (Å²) in [4.78, 5) is 13.0. The predicted octanol–water partition coefficient (Wildman–Crippen LogP) is 0.878. The van der Waals surface area contributed by atoms with E-state index in [-0.39, 0.29) is 22.9 Å². The fraction of sp³-hybridized carbons (Fsp3) is 0.682. The van der Waals surface area contributed by atoms with Crippen molar-refractivity contribution in [2.75, 3.05) is 33.3 Å². The zero-order valence-electron chi connectivity index (χ0n) is 17.1. The molecule has 27 heavy (non-hydrogen) atoms. The van der Waals surface area contributed by atoms with Crippen molar-refractivity contribution in [3.05, 3.63) is 35.9 Å². The van der Waals surface area contributed by atoms with Crippen LogP contribution in [0.4, 0.5) is 0 Å². The molecule has 2 rings (SSSR count). The van der Waals surface area contributed by atoms with Crippen LogP contribution in [0, 0.1) is 5.92 Å². The summed E-state index contributed by atoms with van der Waals surface area (Å²) in [6.07, 6.45) is 5.88. The first-order chi connectivity index (χ1) is 12.5. The van der Waals surface area contributed by atoms with E-state index in [2.05, 4.69) is 20.9 Å². The lowest BCUT2D eigenvalue weighted by Crippen LogP contribution is -3.00. The molecule has 0 aliphatic heterocycles. The Morgan fingerprint density at radius 2 is 1.74 bits per heavy atom. The van der Waals surface area contributed by atoms with E-state index in [4.69, 9.17) is 4.74 Å². The Balaban J connectivity index is 0.00000364. The Morgan fingerprint density at radius 1 is 1.15 bits per heavy atom. The van der Waals surface area contributed by atoms with Gasteiger partial charge < -0.3 is 31.3 Å². The normalized spacial score (nSPS) is 17.6. The number of ether oxygens (including phenoxy) is 1. The van der Waals surface area contributed by atoms with Gasteiger partial charge in [0.1, 0.15) is 0 Å². The molecule has 1 unspecified atom stereocenters. The lowest BCUT2D eigenvalue weighted by atomic mass is 9.73. The van der Waals surface area contributed by atoms with Crippen LogP contribution >= 0.6 is 0 Å². The second-order valence-electron chi connectivity index (χ2n) is 7.93. The number of rotatable bonds is 9.